The third-order valence-corrected chi connectivity index (χ3v) is 3.26. The third-order valence-electron chi connectivity index (χ3n) is 3.26. The van der Waals surface area contributed by atoms with Gasteiger partial charge in [0.15, 0.2) is 29.8 Å². The molecule has 4 N–H and O–H groups in total. The minimum absolute atomic E-state index is 0. The van der Waals surface area contributed by atoms with E-state index in [1.807, 2.05) is 0 Å². The van der Waals surface area contributed by atoms with Crippen LogP contribution in [0.3, 0.4) is 0 Å². The van der Waals surface area contributed by atoms with E-state index in [1.165, 1.54) is 38.7 Å². The Morgan fingerprint density at radius 3 is 1.77 bits per heavy atom. The summed E-state index contributed by atoms with van der Waals surface area (Å²) in [4.78, 5) is 10.2. The molecule has 0 heterocycles. The van der Waals surface area contributed by atoms with Gasteiger partial charge in [0.05, 0.1) is 20.5 Å². The number of carboxylic acid groups (broad SMARTS) is 1. The number of ether oxygens (including phenoxy) is 3. The van der Waals surface area contributed by atoms with Gasteiger partial charge < -0.3 is 34.6 Å². The van der Waals surface area contributed by atoms with E-state index in [4.69, 9.17) is 19.7 Å². The number of phenolic OH excluding ortho intramolecular Hbond substituents is 2. The summed E-state index contributed by atoms with van der Waals surface area (Å²) < 4.78 is 14.4. The molecular formula is C22H30O8. The molecule has 0 fully saturated rings. The zero-order valence-corrected chi connectivity index (χ0v) is 15.4. The minimum atomic E-state index is -1.02. The first-order valence-corrected chi connectivity index (χ1v) is 7.95. The average molecular weight is 422 g/mol. The van der Waals surface area contributed by atoms with Crippen molar-refractivity contribution in [2.75, 3.05) is 21.0 Å². The highest BCUT2D eigenvalue weighted by Gasteiger charge is 2.01. The molecule has 166 valence electrons. The predicted octanol–water partition coefficient (Wildman–Crippen LogP) is 4.11. The zero-order chi connectivity index (χ0) is 20.9. The van der Waals surface area contributed by atoms with Gasteiger partial charge in [-0.15, -0.1) is 0 Å². The molecule has 0 unspecified atom stereocenters. The molecular weight excluding hydrogens is 392 g/mol. The number of aromatic hydroxyl groups is 2. The zero-order valence-electron chi connectivity index (χ0n) is 15.4. The minimum Gasteiger partial charge on any atom is -0.504 e. The lowest BCUT2D eigenvalue weighted by Crippen LogP contribution is -1.87. The predicted molar refractivity (Wildman–Crippen MR) is 117 cm³/mol. The van der Waals surface area contributed by atoms with Gasteiger partial charge in [0.25, 0.3) is 0 Å². The number of aliphatic hydroxyl groups is 1. The Hall–Kier alpha value is -3.65. The molecule has 0 atom stereocenters. The molecule has 0 aliphatic heterocycles. The maximum atomic E-state index is 10.2. The SMILES string of the molecule is C.C.COc1cc(/C=C/C(=O)O)ccc1O.COc1cc(/C=C\OCO)ccc1O. The first-order valence-electron chi connectivity index (χ1n) is 7.95. The fourth-order valence-corrected chi connectivity index (χ4v) is 1.93. The second-order valence-corrected chi connectivity index (χ2v) is 5.13. The summed E-state index contributed by atoms with van der Waals surface area (Å²) in [5.74, 6) is -0.182. The van der Waals surface area contributed by atoms with E-state index in [-0.39, 0.29) is 33.1 Å². The van der Waals surface area contributed by atoms with Crippen molar-refractivity contribution in [2.45, 2.75) is 14.9 Å². The molecule has 0 radical (unpaired) electrons. The fraction of sp³-hybridized carbons (Fsp3) is 0.227. The van der Waals surface area contributed by atoms with E-state index in [1.54, 1.807) is 30.3 Å². The molecule has 0 aromatic heterocycles. The van der Waals surface area contributed by atoms with Gasteiger partial charge in [0, 0.05) is 6.08 Å². The van der Waals surface area contributed by atoms with Crippen LogP contribution in [0, 0.1) is 0 Å². The summed E-state index contributed by atoms with van der Waals surface area (Å²) in [5, 5.41) is 35.3. The van der Waals surface area contributed by atoms with Gasteiger partial charge in [0.2, 0.25) is 0 Å². The normalized spacial score (nSPS) is 9.70. The molecule has 0 aliphatic carbocycles. The number of carbonyl (C=O) groups is 1. The number of rotatable bonds is 7. The van der Waals surface area contributed by atoms with Crippen LogP contribution in [0.2, 0.25) is 0 Å². The average Bonchev–Trinajstić information content (AvgIpc) is 2.69. The van der Waals surface area contributed by atoms with Crippen LogP contribution in [0.5, 0.6) is 23.0 Å². The highest BCUT2D eigenvalue weighted by Crippen LogP contribution is 2.27. The lowest BCUT2D eigenvalue weighted by Gasteiger charge is -2.03. The molecule has 0 aliphatic rings. The van der Waals surface area contributed by atoms with E-state index in [2.05, 4.69) is 4.74 Å². The molecule has 30 heavy (non-hydrogen) atoms. The maximum absolute atomic E-state index is 10.2. The number of aliphatic hydroxyl groups excluding tert-OH is 1. The van der Waals surface area contributed by atoms with Crippen molar-refractivity contribution in [2.24, 2.45) is 0 Å². The molecule has 0 amide bonds. The highest BCUT2D eigenvalue weighted by molar-refractivity contribution is 5.85. The fourth-order valence-electron chi connectivity index (χ4n) is 1.93. The van der Waals surface area contributed by atoms with E-state index in [9.17, 15) is 15.0 Å². The first-order chi connectivity index (χ1) is 13.4. The standard InChI is InChI=1S/C10H10O4.C10H12O4.2CH4/c1-14-9-6-7(2-4-8(9)11)3-5-10(12)13;1-13-10-6-8(2-3-9(10)12)4-5-14-7-11;;/h2-6,11H,1H3,(H,12,13);2-6,11-12H,7H2,1H3;2*1H4/b5-3+;5-4-;;. The van der Waals surface area contributed by atoms with Crippen molar-refractivity contribution < 1.29 is 39.4 Å². The lowest BCUT2D eigenvalue weighted by atomic mass is 10.2. The van der Waals surface area contributed by atoms with Gasteiger partial charge in [0.1, 0.15) is 0 Å². The van der Waals surface area contributed by atoms with Gasteiger partial charge in [-0.1, -0.05) is 27.0 Å². The maximum Gasteiger partial charge on any atom is 0.328 e. The monoisotopic (exact) mass is 422 g/mol. The smallest absolute Gasteiger partial charge is 0.328 e. The second kappa shape index (κ2) is 15.3. The quantitative estimate of drug-likeness (QED) is 0.298. The first kappa shape index (κ1) is 28.6. The van der Waals surface area contributed by atoms with E-state index < -0.39 is 5.97 Å². The van der Waals surface area contributed by atoms with Crippen LogP contribution in [-0.4, -0.2) is 47.4 Å². The number of hydrogen-bond donors (Lipinski definition) is 4. The van der Waals surface area contributed by atoms with Gasteiger partial charge >= 0.3 is 5.97 Å². The Labute approximate surface area is 176 Å². The molecule has 2 aromatic rings. The Balaban J connectivity index is 0. The van der Waals surface area contributed by atoms with Crippen molar-refractivity contribution in [3.05, 3.63) is 59.9 Å². The van der Waals surface area contributed by atoms with E-state index in [0.717, 1.165) is 11.6 Å². The van der Waals surface area contributed by atoms with Crippen LogP contribution in [0.1, 0.15) is 26.0 Å². The van der Waals surface area contributed by atoms with Crippen LogP contribution in [0.15, 0.2) is 48.7 Å². The summed E-state index contributed by atoms with van der Waals surface area (Å²) in [5.41, 5.74) is 1.47. The topological polar surface area (TPSA) is 126 Å². The van der Waals surface area contributed by atoms with E-state index >= 15 is 0 Å². The molecule has 8 heteroatoms. The Morgan fingerprint density at radius 1 is 0.900 bits per heavy atom. The second-order valence-electron chi connectivity index (χ2n) is 5.13. The summed E-state index contributed by atoms with van der Waals surface area (Å²) >= 11 is 0. The number of methoxy groups -OCH3 is 2. The molecule has 0 bridgehead atoms. The van der Waals surface area contributed by atoms with Crippen LogP contribution < -0.4 is 9.47 Å². The van der Waals surface area contributed by atoms with Crippen molar-refractivity contribution in [3.8, 4) is 23.0 Å². The van der Waals surface area contributed by atoms with Crippen molar-refractivity contribution in [1.29, 1.82) is 0 Å². The number of aliphatic carboxylic acids is 1. The Kier molecular flexibility index (Phi) is 14.6. The van der Waals surface area contributed by atoms with Gasteiger partial charge in [-0.2, -0.15) is 0 Å². The Bertz CT molecular complexity index is 828. The van der Waals surface area contributed by atoms with Gasteiger partial charge in [-0.05, 0) is 47.5 Å². The van der Waals surface area contributed by atoms with Crippen molar-refractivity contribution in [3.63, 3.8) is 0 Å². The van der Waals surface area contributed by atoms with Gasteiger partial charge in [-0.25, -0.2) is 4.79 Å². The van der Waals surface area contributed by atoms with Crippen LogP contribution in [0.4, 0.5) is 0 Å². The number of hydrogen-bond acceptors (Lipinski definition) is 7. The largest absolute Gasteiger partial charge is 0.504 e. The van der Waals surface area contributed by atoms with Crippen molar-refractivity contribution in [1.82, 2.24) is 0 Å². The Morgan fingerprint density at radius 2 is 1.37 bits per heavy atom. The number of carboxylic acids is 1. The van der Waals surface area contributed by atoms with Crippen LogP contribution >= 0.6 is 0 Å². The molecule has 0 spiro atoms. The molecule has 0 saturated heterocycles. The summed E-state index contributed by atoms with van der Waals surface area (Å²) in [7, 11) is 2.91. The third kappa shape index (κ3) is 10.0. The lowest BCUT2D eigenvalue weighted by molar-refractivity contribution is -0.131. The van der Waals surface area contributed by atoms with Crippen molar-refractivity contribution >= 4 is 18.1 Å². The number of phenols is 2. The van der Waals surface area contributed by atoms with Gasteiger partial charge in [-0.3, -0.25) is 0 Å². The molecule has 8 nitrogen and oxygen atoms in total. The molecule has 2 rings (SSSR count). The molecule has 2 aromatic carbocycles. The van der Waals surface area contributed by atoms with Crippen LogP contribution in [-0.2, 0) is 9.53 Å². The highest BCUT2D eigenvalue weighted by atomic mass is 16.6. The molecule has 0 saturated carbocycles. The number of benzene rings is 2. The summed E-state index contributed by atoms with van der Waals surface area (Å²) in [6, 6.07) is 9.48. The summed E-state index contributed by atoms with van der Waals surface area (Å²) in [6.07, 6.45) is 5.46. The van der Waals surface area contributed by atoms with E-state index in [0.29, 0.717) is 17.1 Å². The summed E-state index contributed by atoms with van der Waals surface area (Å²) in [6.45, 7) is -0.355. The van der Waals surface area contributed by atoms with Crippen LogP contribution in [0.25, 0.3) is 12.2 Å².